The maximum Gasteiger partial charge on any atom is 0.341 e. The molecule has 0 saturated heterocycles. The minimum absolute atomic E-state index is 0.296. The van der Waals surface area contributed by atoms with E-state index in [1.54, 1.807) is 19.1 Å². The molecule has 1 aromatic heterocycles. The predicted octanol–water partition coefficient (Wildman–Crippen LogP) is 5.34. The maximum atomic E-state index is 12.7. The van der Waals surface area contributed by atoms with Gasteiger partial charge in [-0.3, -0.25) is 9.78 Å². The van der Waals surface area contributed by atoms with E-state index >= 15 is 0 Å². The summed E-state index contributed by atoms with van der Waals surface area (Å²) < 4.78 is 5.38. The number of para-hydroxylation sites is 1. The topological polar surface area (TPSA) is 68.3 Å². The molecule has 0 radical (unpaired) electrons. The lowest BCUT2D eigenvalue weighted by molar-refractivity contribution is -0.123. The smallest absolute Gasteiger partial charge is 0.341 e. The molecular formula is C21H18Cl2N2O3. The van der Waals surface area contributed by atoms with Gasteiger partial charge >= 0.3 is 5.97 Å². The zero-order chi connectivity index (χ0) is 20.4. The third-order valence-electron chi connectivity index (χ3n) is 4.38. The third-order valence-corrected chi connectivity index (χ3v) is 4.93. The summed E-state index contributed by atoms with van der Waals surface area (Å²) >= 11 is 11.9. The number of carbonyl (C=O) groups is 2. The summed E-state index contributed by atoms with van der Waals surface area (Å²) in [5, 5.41) is 4.25. The van der Waals surface area contributed by atoms with E-state index in [1.807, 2.05) is 31.2 Å². The molecule has 28 heavy (non-hydrogen) atoms. The Balaban J connectivity index is 1.79. The normalized spacial score (nSPS) is 11.9. The number of rotatable bonds is 4. The highest BCUT2D eigenvalue weighted by Crippen LogP contribution is 2.26. The highest BCUT2D eigenvalue weighted by Gasteiger charge is 2.23. The van der Waals surface area contributed by atoms with Crippen molar-refractivity contribution in [3.8, 4) is 0 Å². The van der Waals surface area contributed by atoms with Crippen LogP contribution in [0, 0.1) is 13.8 Å². The zero-order valence-electron chi connectivity index (χ0n) is 15.5. The van der Waals surface area contributed by atoms with Gasteiger partial charge in [-0.25, -0.2) is 4.79 Å². The molecule has 3 aromatic rings. The minimum Gasteiger partial charge on any atom is -0.449 e. The van der Waals surface area contributed by atoms with E-state index in [0.29, 0.717) is 27.0 Å². The van der Waals surface area contributed by atoms with Crippen LogP contribution in [-0.4, -0.2) is 23.0 Å². The number of aryl methyl sites for hydroxylation is 2. The van der Waals surface area contributed by atoms with Gasteiger partial charge in [0.2, 0.25) is 0 Å². The molecule has 1 atom stereocenters. The Labute approximate surface area is 172 Å². The molecule has 5 nitrogen and oxygen atoms in total. The first-order valence-electron chi connectivity index (χ1n) is 8.60. The van der Waals surface area contributed by atoms with E-state index in [0.717, 1.165) is 16.5 Å². The number of hydrogen-bond donors (Lipinski definition) is 1. The van der Waals surface area contributed by atoms with Crippen molar-refractivity contribution >= 4 is 51.7 Å². The Kier molecular flexibility index (Phi) is 5.87. The molecule has 0 saturated carbocycles. The van der Waals surface area contributed by atoms with Crippen molar-refractivity contribution in [3.05, 3.63) is 69.3 Å². The molecule has 144 valence electrons. The number of esters is 1. The van der Waals surface area contributed by atoms with Crippen LogP contribution in [0.2, 0.25) is 10.0 Å². The summed E-state index contributed by atoms with van der Waals surface area (Å²) in [6.07, 6.45) is -1.02. The fourth-order valence-electron chi connectivity index (χ4n) is 2.93. The number of benzene rings is 2. The fraction of sp³-hybridized carbons (Fsp3) is 0.190. The van der Waals surface area contributed by atoms with Crippen molar-refractivity contribution in [2.75, 3.05) is 5.32 Å². The fourth-order valence-corrected chi connectivity index (χ4v) is 3.39. The summed E-state index contributed by atoms with van der Waals surface area (Å²) in [5.41, 5.74) is 2.87. The van der Waals surface area contributed by atoms with Gasteiger partial charge in [0, 0.05) is 10.4 Å². The standard InChI is InChI=1S/C21H18Cl2N2O3/c1-11-15-6-4-5-7-17(15)24-12(2)19(11)21(27)28-13(3)20(26)25-18-9-8-14(22)10-16(18)23/h4-10,13H,1-3H3,(H,25,26)/t13-/m0/s1. The second kappa shape index (κ2) is 8.17. The highest BCUT2D eigenvalue weighted by atomic mass is 35.5. The molecule has 0 bridgehead atoms. The van der Waals surface area contributed by atoms with Gasteiger partial charge in [0.1, 0.15) is 0 Å². The molecule has 2 aromatic carbocycles. The third kappa shape index (κ3) is 4.11. The van der Waals surface area contributed by atoms with E-state index in [4.69, 9.17) is 27.9 Å². The Morgan fingerprint density at radius 1 is 1.11 bits per heavy atom. The van der Waals surface area contributed by atoms with E-state index in [-0.39, 0.29) is 0 Å². The average molecular weight is 417 g/mol. The molecule has 1 amide bonds. The molecule has 1 heterocycles. The Morgan fingerprint density at radius 2 is 1.82 bits per heavy atom. The van der Waals surface area contributed by atoms with Gasteiger partial charge < -0.3 is 10.1 Å². The van der Waals surface area contributed by atoms with Crippen LogP contribution in [-0.2, 0) is 9.53 Å². The van der Waals surface area contributed by atoms with Crippen molar-refractivity contribution in [2.45, 2.75) is 26.9 Å². The number of amides is 1. The SMILES string of the molecule is Cc1nc2ccccc2c(C)c1C(=O)O[C@@H](C)C(=O)Nc1ccc(Cl)cc1Cl. The number of aromatic nitrogens is 1. The van der Waals surface area contributed by atoms with Crippen molar-refractivity contribution in [2.24, 2.45) is 0 Å². The first-order chi connectivity index (χ1) is 13.3. The second-order valence-corrected chi connectivity index (χ2v) is 7.22. The number of pyridine rings is 1. The minimum atomic E-state index is -1.02. The number of halogens is 2. The number of nitrogens with zero attached hydrogens (tertiary/aromatic N) is 1. The molecule has 7 heteroatoms. The first-order valence-corrected chi connectivity index (χ1v) is 9.36. The van der Waals surface area contributed by atoms with Crippen molar-refractivity contribution < 1.29 is 14.3 Å². The predicted molar refractivity (Wildman–Crippen MR) is 111 cm³/mol. The van der Waals surface area contributed by atoms with Crippen LogP contribution >= 0.6 is 23.2 Å². The number of fused-ring (bicyclic) bond motifs is 1. The Hall–Kier alpha value is -2.63. The summed E-state index contributed by atoms with van der Waals surface area (Å²) in [6, 6.07) is 12.3. The van der Waals surface area contributed by atoms with Crippen LogP contribution in [0.5, 0.6) is 0 Å². The van der Waals surface area contributed by atoms with E-state index in [9.17, 15) is 9.59 Å². The van der Waals surface area contributed by atoms with Crippen LogP contribution in [0.15, 0.2) is 42.5 Å². The second-order valence-electron chi connectivity index (χ2n) is 6.38. The summed E-state index contributed by atoms with van der Waals surface area (Å²) in [5.74, 6) is -1.10. The number of nitrogens with one attached hydrogen (secondary N) is 1. The number of carbonyl (C=O) groups excluding carboxylic acids is 2. The highest BCUT2D eigenvalue weighted by molar-refractivity contribution is 6.36. The molecule has 0 spiro atoms. The average Bonchev–Trinajstić information content (AvgIpc) is 2.63. The Morgan fingerprint density at radius 3 is 2.54 bits per heavy atom. The van der Waals surface area contributed by atoms with Gasteiger partial charge in [0.25, 0.3) is 5.91 Å². The molecule has 0 aliphatic carbocycles. The van der Waals surface area contributed by atoms with Gasteiger partial charge in [0.15, 0.2) is 6.10 Å². The lowest BCUT2D eigenvalue weighted by Crippen LogP contribution is -2.30. The van der Waals surface area contributed by atoms with Gasteiger partial charge in [-0.1, -0.05) is 41.4 Å². The van der Waals surface area contributed by atoms with Crippen molar-refractivity contribution in [3.63, 3.8) is 0 Å². The van der Waals surface area contributed by atoms with Crippen LogP contribution < -0.4 is 5.32 Å². The number of hydrogen-bond acceptors (Lipinski definition) is 4. The van der Waals surface area contributed by atoms with Crippen LogP contribution in [0.25, 0.3) is 10.9 Å². The number of ether oxygens (including phenoxy) is 1. The molecule has 0 aliphatic heterocycles. The van der Waals surface area contributed by atoms with Crippen LogP contribution in [0.1, 0.15) is 28.5 Å². The number of anilines is 1. The monoisotopic (exact) mass is 416 g/mol. The summed E-state index contributed by atoms with van der Waals surface area (Å²) in [7, 11) is 0. The summed E-state index contributed by atoms with van der Waals surface area (Å²) in [4.78, 5) is 29.6. The quantitative estimate of drug-likeness (QED) is 0.582. The molecule has 3 rings (SSSR count). The van der Waals surface area contributed by atoms with Gasteiger partial charge in [-0.15, -0.1) is 0 Å². The van der Waals surface area contributed by atoms with Gasteiger partial charge in [0.05, 0.1) is 27.5 Å². The molecular weight excluding hydrogens is 399 g/mol. The molecule has 0 unspecified atom stereocenters. The van der Waals surface area contributed by atoms with Crippen LogP contribution in [0.4, 0.5) is 5.69 Å². The lowest BCUT2D eigenvalue weighted by Gasteiger charge is -2.16. The van der Waals surface area contributed by atoms with E-state index < -0.39 is 18.0 Å². The van der Waals surface area contributed by atoms with Gasteiger partial charge in [-0.2, -0.15) is 0 Å². The van der Waals surface area contributed by atoms with Crippen LogP contribution in [0.3, 0.4) is 0 Å². The Bertz CT molecular complexity index is 1080. The van der Waals surface area contributed by atoms with Crippen molar-refractivity contribution in [1.82, 2.24) is 4.98 Å². The maximum absolute atomic E-state index is 12.7. The van der Waals surface area contributed by atoms with E-state index in [1.165, 1.54) is 13.0 Å². The lowest BCUT2D eigenvalue weighted by atomic mass is 10.0. The molecule has 1 N–H and O–H groups in total. The zero-order valence-corrected chi connectivity index (χ0v) is 17.1. The first kappa shape index (κ1) is 20.1. The molecule has 0 fully saturated rings. The summed E-state index contributed by atoms with van der Waals surface area (Å²) in [6.45, 7) is 5.08. The van der Waals surface area contributed by atoms with Gasteiger partial charge in [-0.05, 0) is 50.6 Å². The van der Waals surface area contributed by atoms with E-state index in [2.05, 4.69) is 10.3 Å². The van der Waals surface area contributed by atoms with Crippen molar-refractivity contribution in [1.29, 1.82) is 0 Å². The molecule has 0 aliphatic rings. The largest absolute Gasteiger partial charge is 0.449 e.